The van der Waals surface area contributed by atoms with Crippen molar-refractivity contribution in [1.82, 2.24) is 9.62 Å². The molecule has 1 aromatic rings. The van der Waals surface area contributed by atoms with Crippen molar-refractivity contribution in [1.29, 1.82) is 0 Å². The molecular formula is C15H20ClN3O4S. The van der Waals surface area contributed by atoms with Gasteiger partial charge in [-0.05, 0) is 43.0 Å². The summed E-state index contributed by atoms with van der Waals surface area (Å²) < 4.78 is 24.3. The summed E-state index contributed by atoms with van der Waals surface area (Å²) in [5, 5.41) is 5.62. The number of carbonyl (C=O) groups excluding carboxylic acids is 2. The first kappa shape index (κ1) is 18.7. The Morgan fingerprint density at radius 1 is 1.17 bits per heavy atom. The second kappa shape index (κ2) is 7.96. The van der Waals surface area contributed by atoms with E-state index in [4.69, 9.17) is 11.6 Å². The molecule has 1 aliphatic heterocycles. The third-order valence-electron chi connectivity index (χ3n) is 3.90. The number of piperidine rings is 1. The molecule has 24 heavy (non-hydrogen) atoms. The molecule has 0 bridgehead atoms. The van der Waals surface area contributed by atoms with Crippen LogP contribution in [0.25, 0.3) is 0 Å². The molecule has 0 spiro atoms. The lowest BCUT2D eigenvalue weighted by molar-refractivity contribution is -0.136. The molecule has 9 heteroatoms. The maximum absolute atomic E-state index is 11.8. The molecule has 1 aliphatic rings. The zero-order chi connectivity index (χ0) is 17.7. The standard InChI is InChI=1S/C15H20ClN3O4S/c1-24(22,23)19-8-6-11(7-9-19)10-17-14(20)15(21)18-13-4-2-12(16)3-5-13/h2-5,11H,6-10H2,1H3,(H,17,20)(H,18,21). The van der Waals surface area contributed by atoms with Gasteiger partial charge in [-0.1, -0.05) is 11.6 Å². The fraction of sp³-hybridized carbons (Fsp3) is 0.467. The molecule has 0 saturated carbocycles. The van der Waals surface area contributed by atoms with E-state index < -0.39 is 21.8 Å². The molecule has 2 amide bonds. The van der Waals surface area contributed by atoms with E-state index in [0.29, 0.717) is 43.2 Å². The van der Waals surface area contributed by atoms with Crippen molar-refractivity contribution >= 4 is 39.1 Å². The number of benzene rings is 1. The van der Waals surface area contributed by atoms with Gasteiger partial charge in [-0.2, -0.15) is 0 Å². The molecule has 0 aromatic heterocycles. The molecule has 2 rings (SSSR count). The highest BCUT2D eigenvalue weighted by atomic mass is 35.5. The SMILES string of the molecule is CS(=O)(=O)N1CCC(CNC(=O)C(=O)Nc2ccc(Cl)cc2)CC1. The first-order valence-electron chi connectivity index (χ1n) is 7.55. The number of rotatable bonds is 4. The number of anilines is 1. The van der Waals surface area contributed by atoms with Gasteiger partial charge in [0.25, 0.3) is 0 Å². The van der Waals surface area contributed by atoms with Gasteiger partial charge in [0.2, 0.25) is 10.0 Å². The van der Waals surface area contributed by atoms with E-state index in [9.17, 15) is 18.0 Å². The van der Waals surface area contributed by atoms with E-state index in [0.717, 1.165) is 0 Å². The number of nitrogens with one attached hydrogen (secondary N) is 2. The fourth-order valence-corrected chi connectivity index (χ4v) is 3.48. The summed E-state index contributed by atoms with van der Waals surface area (Å²) in [6.07, 6.45) is 2.51. The third-order valence-corrected chi connectivity index (χ3v) is 5.46. The van der Waals surface area contributed by atoms with E-state index in [2.05, 4.69) is 10.6 Å². The summed E-state index contributed by atoms with van der Waals surface area (Å²) >= 11 is 5.75. The number of halogens is 1. The molecule has 7 nitrogen and oxygen atoms in total. The maximum atomic E-state index is 11.8. The van der Waals surface area contributed by atoms with Gasteiger partial charge >= 0.3 is 11.8 Å². The lowest BCUT2D eigenvalue weighted by atomic mass is 9.98. The number of sulfonamides is 1. The first-order chi connectivity index (χ1) is 11.3. The number of hydrogen-bond donors (Lipinski definition) is 2. The second-order valence-electron chi connectivity index (χ2n) is 5.78. The Morgan fingerprint density at radius 2 is 1.75 bits per heavy atom. The van der Waals surface area contributed by atoms with Gasteiger partial charge in [0.1, 0.15) is 0 Å². The van der Waals surface area contributed by atoms with E-state index in [1.807, 2.05) is 0 Å². The van der Waals surface area contributed by atoms with Crippen LogP contribution >= 0.6 is 11.6 Å². The van der Waals surface area contributed by atoms with E-state index in [-0.39, 0.29) is 5.92 Å². The molecule has 0 radical (unpaired) electrons. The Bertz CT molecular complexity index is 698. The van der Waals surface area contributed by atoms with Gasteiger partial charge in [-0.25, -0.2) is 12.7 Å². The van der Waals surface area contributed by atoms with Crippen molar-refractivity contribution in [3.63, 3.8) is 0 Å². The quantitative estimate of drug-likeness (QED) is 0.771. The average molecular weight is 374 g/mol. The third kappa shape index (κ3) is 5.47. The molecule has 132 valence electrons. The van der Waals surface area contributed by atoms with E-state index in [1.165, 1.54) is 10.6 Å². The van der Waals surface area contributed by atoms with Crippen LogP contribution in [0.3, 0.4) is 0 Å². The Morgan fingerprint density at radius 3 is 2.29 bits per heavy atom. The molecule has 1 heterocycles. The minimum atomic E-state index is -3.16. The van der Waals surface area contributed by atoms with Crippen LogP contribution in [-0.4, -0.2) is 50.4 Å². The largest absolute Gasteiger partial charge is 0.348 e. The van der Waals surface area contributed by atoms with Gasteiger partial charge < -0.3 is 10.6 Å². The topological polar surface area (TPSA) is 95.6 Å². The van der Waals surface area contributed by atoms with Crippen LogP contribution in [0.1, 0.15) is 12.8 Å². The van der Waals surface area contributed by atoms with Crippen molar-refractivity contribution in [2.45, 2.75) is 12.8 Å². The van der Waals surface area contributed by atoms with Crippen molar-refractivity contribution < 1.29 is 18.0 Å². The van der Waals surface area contributed by atoms with Crippen LogP contribution in [0.5, 0.6) is 0 Å². The number of nitrogens with zero attached hydrogens (tertiary/aromatic N) is 1. The normalized spacial score (nSPS) is 16.6. The Labute approximate surface area is 146 Å². The Hall–Kier alpha value is -1.64. The lowest BCUT2D eigenvalue weighted by Crippen LogP contribution is -2.43. The van der Waals surface area contributed by atoms with Gasteiger partial charge in [0, 0.05) is 30.3 Å². The van der Waals surface area contributed by atoms with Crippen molar-refractivity contribution in [3.8, 4) is 0 Å². The van der Waals surface area contributed by atoms with Gasteiger partial charge in [-0.15, -0.1) is 0 Å². The Kier molecular flexibility index (Phi) is 6.20. The molecular weight excluding hydrogens is 354 g/mol. The second-order valence-corrected chi connectivity index (χ2v) is 8.20. The summed E-state index contributed by atoms with van der Waals surface area (Å²) in [6, 6.07) is 6.44. The fourth-order valence-electron chi connectivity index (χ4n) is 2.48. The highest BCUT2D eigenvalue weighted by molar-refractivity contribution is 7.88. The average Bonchev–Trinajstić information content (AvgIpc) is 2.54. The molecule has 1 fully saturated rings. The van der Waals surface area contributed by atoms with Crippen LogP contribution in [0.4, 0.5) is 5.69 Å². The molecule has 2 N–H and O–H groups in total. The first-order valence-corrected chi connectivity index (χ1v) is 9.78. The predicted molar refractivity (Wildman–Crippen MR) is 92.2 cm³/mol. The molecule has 1 saturated heterocycles. The van der Waals surface area contributed by atoms with Crippen LogP contribution in [0, 0.1) is 5.92 Å². The Balaban J connectivity index is 1.75. The monoisotopic (exact) mass is 373 g/mol. The molecule has 0 unspecified atom stereocenters. The van der Waals surface area contributed by atoms with Gasteiger partial charge in [0.05, 0.1) is 6.26 Å². The lowest BCUT2D eigenvalue weighted by Gasteiger charge is -2.30. The maximum Gasteiger partial charge on any atom is 0.313 e. The molecule has 1 aromatic carbocycles. The van der Waals surface area contributed by atoms with Gasteiger partial charge in [-0.3, -0.25) is 9.59 Å². The highest BCUT2D eigenvalue weighted by Crippen LogP contribution is 2.18. The smallest absolute Gasteiger partial charge is 0.313 e. The van der Waals surface area contributed by atoms with Crippen LogP contribution in [0.15, 0.2) is 24.3 Å². The predicted octanol–water partition coefficient (Wildman–Crippen LogP) is 1.07. The minimum absolute atomic E-state index is 0.162. The van der Waals surface area contributed by atoms with Crippen molar-refractivity contribution in [2.24, 2.45) is 5.92 Å². The summed E-state index contributed by atoms with van der Waals surface area (Å²) in [7, 11) is -3.16. The highest BCUT2D eigenvalue weighted by Gasteiger charge is 2.25. The van der Waals surface area contributed by atoms with Crippen molar-refractivity contribution in [2.75, 3.05) is 31.2 Å². The summed E-state index contributed by atoms with van der Waals surface area (Å²) in [5.74, 6) is -1.29. The summed E-state index contributed by atoms with van der Waals surface area (Å²) in [4.78, 5) is 23.6. The van der Waals surface area contributed by atoms with Crippen LogP contribution in [-0.2, 0) is 19.6 Å². The zero-order valence-electron chi connectivity index (χ0n) is 13.3. The van der Waals surface area contributed by atoms with Crippen molar-refractivity contribution in [3.05, 3.63) is 29.3 Å². The number of hydrogen-bond acceptors (Lipinski definition) is 4. The van der Waals surface area contributed by atoms with E-state index in [1.54, 1.807) is 24.3 Å². The summed E-state index contributed by atoms with van der Waals surface area (Å²) in [5.41, 5.74) is 0.487. The summed E-state index contributed by atoms with van der Waals surface area (Å²) in [6.45, 7) is 1.23. The number of carbonyl (C=O) groups is 2. The van der Waals surface area contributed by atoms with E-state index >= 15 is 0 Å². The van der Waals surface area contributed by atoms with Crippen LogP contribution < -0.4 is 10.6 Å². The molecule has 0 atom stereocenters. The minimum Gasteiger partial charge on any atom is -0.348 e. The van der Waals surface area contributed by atoms with Crippen LogP contribution in [0.2, 0.25) is 5.02 Å². The zero-order valence-corrected chi connectivity index (χ0v) is 14.9. The van der Waals surface area contributed by atoms with Gasteiger partial charge in [0.15, 0.2) is 0 Å². The molecule has 0 aliphatic carbocycles. The number of amides is 2.